The van der Waals surface area contributed by atoms with E-state index in [4.69, 9.17) is 18.0 Å². The summed E-state index contributed by atoms with van der Waals surface area (Å²) in [6.07, 6.45) is 0.769. The molecule has 2 rings (SSSR count). The lowest BCUT2D eigenvalue weighted by molar-refractivity contribution is 0.876. The fraction of sp³-hybridized carbons (Fsp3) is 0.300. The van der Waals surface area contributed by atoms with Crippen LogP contribution in [0.2, 0.25) is 0 Å². The van der Waals surface area contributed by atoms with Crippen LogP contribution in [0.15, 0.2) is 29.2 Å². The fourth-order valence-electron chi connectivity index (χ4n) is 1.58. The van der Waals surface area contributed by atoms with Crippen molar-refractivity contribution in [3.8, 4) is 0 Å². The summed E-state index contributed by atoms with van der Waals surface area (Å²) in [7, 11) is 2.09. The fourth-order valence-corrected chi connectivity index (χ4v) is 3.16. The summed E-state index contributed by atoms with van der Waals surface area (Å²) < 4.78 is 0. The van der Waals surface area contributed by atoms with Crippen molar-refractivity contribution in [3.05, 3.63) is 24.3 Å². The van der Waals surface area contributed by atoms with E-state index in [9.17, 15) is 0 Å². The quantitative estimate of drug-likeness (QED) is 0.780. The van der Waals surface area contributed by atoms with E-state index in [0.717, 1.165) is 6.42 Å². The molecule has 14 heavy (non-hydrogen) atoms. The molecule has 0 amide bonds. The summed E-state index contributed by atoms with van der Waals surface area (Å²) in [6, 6.07) is 8.37. The molecule has 1 unspecified atom stereocenters. The Labute approximate surface area is 93.5 Å². The first-order valence-corrected chi connectivity index (χ1v) is 5.74. The average Bonchev–Trinajstić information content (AvgIpc) is 2.44. The minimum atomic E-state index is 0.366. The van der Waals surface area contributed by atoms with Gasteiger partial charge in [0.25, 0.3) is 0 Å². The summed E-state index contributed by atoms with van der Waals surface area (Å²) >= 11 is 6.76. The predicted octanol–water partition coefficient (Wildman–Crippen LogP) is 2.23. The van der Waals surface area contributed by atoms with E-state index in [1.807, 2.05) is 11.8 Å². The zero-order valence-corrected chi connectivity index (χ0v) is 9.57. The third kappa shape index (κ3) is 1.72. The van der Waals surface area contributed by atoms with Gasteiger partial charge in [-0.05, 0) is 12.1 Å². The van der Waals surface area contributed by atoms with Crippen molar-refractivity contribution in [1.29, 1.82) is 0 Å². The molecule has 0 aromatic heterocycles. The molecule has 1 aliphatic rings. The highest BCUT2D eigenvalue weighted by atomic mass is 32.2. The molecule has 0 saturated carbocycles. The van der Waals surface area contributed by atoms with E-state index in [-0.39, 0.29) is 0 Å². The lowest BCUT2D eigenvalue weighted by Gasteiger charge is -2.20. The third-order valence-electron chi connectivity index (χ3n) is 2.32. The van der Waals surface area contributed by atoms with Gasteiger partial charge in [0.05, 0.1) is 16.0 Å². The Morgan fingerprint density at radius 2 is 2.29 bits per heavy atom. The minimum absolute atomic E-state index is 0.366. The molecule has 0 spiro atoms. The zero-order chi connectivity index (χ0) is 10.1. The number of nitrogens with zero attached hydrogens (tertiary/aromatic N) is 1. The third-order valence-corrected chi connectivity index (χ3v) is 3.84. The van der Waals surface area contributed by atoms with Crippen molar-refractivity contribution in [2.75, 3.05) is 11.9 Å². The molecule has 4 heteroatoms. The smallest absolute Gasteiger partial charge is 0.0857 e. The molecule has 1 aromatic rings. The van der Waals surface area contributed by atoms with Crippen LogP contribution in [0, 0.1) is 0 Å². The number of para-hydroxylation sites is 1. The number of fused-ring (bicyclic) bond motifs is 1. The van der Waals surface area contributed by atoms with E-state index >= 15 is 0 Å². The monoisotopic (exact) mass is 224 g/mol. The van der Waals surface area contributed by atoms with E-state index in [0.29, 0.717) is 10.4 Å². The maximum atomic E-state index is 5.56. The largest absolute Gasteiger partial charge is 0.393 e. The van der Waals surface area contributed by atoms with Crippen LogP contribution in [-0.2, 0) is 0 Å². The molecule has 2 N–H and O–H groups in total. The van der Waals surface area contributed by atoms with Gasteiger partial charge in [-0.3, -0.25) is 0 Å². The maximum Gasteiger partial charge on any atom is 0.0857 e. The van der Waals surface area contributed by atoms with E-state index in [2.05, 4.69) is 36.2 Å². The number of anilines is 1. The predicted molar refractivity (Wildman–Crippen MR) is 65.9 cm³/mol. The molecule has 74 valence electrons. The second kappa shape index (κ2) is 3.79. The highest BCUT2D eigenvalue weighted by molar-refractivity contribution is 8.00. The van der Waals surface area contributed by atoms with Crippen molar-refractivity contribution >= 4 is 34.7 Å². The van der Waals surface area contributed by atoms with Gasteiger partial charge >= 0.3 is 0 Å². The van der Waals surface area contributed by atoms with Crippen molar-refractivity contribution in [1.82, 2.24) is 0 Å². The molecule has 0 saturated heterocycles. The van der Waals surface area contributed by atoms with E-state index in [1.165, 1.54) is 10.6 Å². The Morgan fingerprint density at radius 1 is 1.57 bits per heavy atom. The number of hydrogen-bond donors (Lipinski definition) is 1. The molecule has 1 atom stereocenters. The lowest BCUT2D eigenvalue weighted by atomic mass is 10.3. The maximum absolute atomic E-state index is 5.56. The van der Waals surface area contributed by atoms with Gasteiger partial charge in [-0.25, -0.2) is 0 Å². The van der Waals surface area contributed by atoms with Gasteiger partial charge in [0.2, 0.25) is 0 Å². The summed E-state index contributed by atoms with van der Waals surface area (Å²) in [6.45, 7) is 0. The summed E-state index contributed by atoms with van der Waals surface area (Å²) in [5, 5.41) is 0.366. The highest BCUT2D eigenvalue weighted by Crippen LogP contribution is 2.43. The van der Waals surface area contributed by atoms with Gasteiger partial charge in [-0.15, -0.1) is 0 Å². The average molecular weight is 224 g/mol. The van der Waals surface area contributed by atoms with E-state index in [1.54, 1.807) is 0 Å². The number of thiocarbonyl (C=S) groups is 1. The zero-order valence-electron chi connectivity index (χ0n) is 7.93. The Morgan fingerprint density at radius 3 is 2.93 bits per heavy atom. The topological polar surface area (TPSA) is 29.3 Å². The number of nitrogens with two attached hydrogens (primary N) is 1. The van der Waals surface area contributed by atoms with Crippen molar-refractivity contribution in [3.63, 3.8) is 0 Å². The SMILES string of the molecule is CN1c2ccccc2SC1CC(N)=S. The molecule has 2 nitrogen and oxygen atoms in total. The molecule has 0 bridgehead atoms. The Balaban J connectivity index is 2.21. The van der Waals surface area contributed by atoms with Crippen LogP contribution in [0.1, 0.15) is 6.42 Å². The summed E-state index contributed by atoms with van der Waals surface area (Å²) in [5.74, 6) is 0. The van der Waals surface area contributed by atoms with Gasteiger partial charge in [0, 0.05) is 18.4 Å². The standard InChI is InChI=1S/C10H12N2S2/c1-12-7-4-2-3-5-8(7)14-10(12)6-9(11)13/h2-5,10H,6H2,1H3,(H2,11,13). The minimum Gasteiger partial charge on any atom is -0.393 e. The number of rotatable bonds is 2. The van der Waals surface area contributed by atoms with Crippen LogP contribution < -0.4 is 10.6 Å². The molecule has 0 aliphatic carbocycles. The van der Waals surface area contributed by atoms with Gasteiger partial charge in [0.15, 0.2) is 0 Å². The number of benzene rings is 1. The molecule has 1 aromatic carbocycles. The van der Waals surface area contributed by atoms with E-state index < -0.39 is 0 Å². The van der Waals surface area contributed by atoms with Gasteiger partial charge in [0.1, 0.15) is 0 Å². The number of hydrogen-bond acceptors (Lipinski definition) is 3. The summed E-state index contributed by atoms with van der Waals surface area (Å²) in [5.41, 5.74) is 6.84. The van der Waals surface area contributed by atoms with Crippen LogP contribution in [0.4, 0.5) is 5.69 Å². The van der Waals surface area contributed by atoms with Crippen LogP contribution in [0.25, 0.3) is 0 Å². The first-order valence-electron chi connectivity index (χ1n) is 4.45. The van der Waals surface area contributed by atoms with Crippen molar-refractivity contribution in [2.24, 2.45) is 5.73 Å². The normalized spacial score (nSPS) is 19.5. The van der Waals surface area contributed by atoms with Crippen LogP contribution >= 0.6 is 24.0 Å². The van der Waals surface area contributed by atoms with Crippen LogP contribution in [-0.4, -0.2) is 17.4 Å². The molecular formula is C10H12N2S2. The first kappa shape index (κ1) is 9.80. The first-order chi connectivity index (χ1) is 6.68. The molecular weight excluding hydrogens is 212 g/mol. The van der Waals surface area contributed by atoms with Gasteiger partial charge < -0.3 is 10.6 Å². The molecule has 0 fully saturated rings. The van der Waals surface area contributed by atoms with Crippen molar-refractivity contribution in [2.45, 2.75) is 16.7 Å². The lowest BCUT2D eigenvalue weighted by Crippen LogP contribution is -2.28. The highest BCUT2D eigenvalue weighted by Gasteiger charge is 2.26. The Kier molecular flexibility index (Phi) is 2.65. The van der Waals surface area contributed by atoms with Gasteiger partial charge in [-0.2, -0.15) is 0 Å². The molecule has 0 radical (unpaired) electrons. The van der Waals surface area contributed by atoms with Crippen molar-refractivity contribution < 1.29 is 0 Å². The van der Waals surface area contributed by atoms with Crippen LogP contribution in [0.3, 0.4) is 0 Å². The summed E-state index contributed by atoms with van der Waals surface area (Å²) in [4.78, 5) is 4.14. The van der Waals surface area contributed by atoms with Crippen LogP contribution in [0.5, 0.6) is 0 Å². The second-order valence-electron chi connectivity index (χ2n) is 3.32. The second-order valence-corrected chi connectivity index (χ2v) is 5.07. The molecule has 1 heterocycles. The molecule has 1 aliphatic heterocycles. The number of thioether (sulfide) groups is 1. The Bertz CT molecular complexity index is 365. The Hall–Kier alpha value is -0.740. The van der Waals surface area contributed by atoms with Gasteiger partial charge in [-0.1, -0.05) is 36.1 Å².